The number of hydrogen-bond donors (Lipinski definition) is 6. The number of hydrogen-bond acceptors (Lipinski definition) is 18. The zero-order valence-corrected chi connectivity index (χ0v) is 41.1. The molecular formula is C42H80N10O16. The lowest BCUT2D eigenvalue weighted by Gasteiger charge is -2.22. The van der Waals surface area contributed by atoms with Crippen molar-refractivity contribution in [1.29, 1.82) is 0 Å². The van der Waals surface area contributed by atoms with Crippen LogP contribution in [0.5, 0.6) is 0 Å². The van der Waals surface area contributed by atoms with Crippen molar-refractivity contribution in [2.45, 2.75) is 65.6 Å². The van der Waals surface area contributed by atoms with Crippen LogP contribution in [0.1, 0.15) is 54.4 Å². The van der Waals surface area contributed by atoms with E-state index in [1.165, 1.54) is 0 Å². The predicted octanol–water partition coefficient (Wildman–Crippen LogP) is 0.0259. The lowest BCUT2D eigenvalue weighted by molar-refractivity contribution is -0.126. The smallest absolute Gasteiger partial charge is 0.407 e. The molecule has 0 bridgehead atoms. The van der Waals surface area contributed by atoms with Crippen LogP contribution in [0.4, 0.5) is 9.59 Å². The van der Waals surface area contributed by atoms with Gasteiger partial charge in [-0.25, -0.2) is 9.59 Å². The van der Waals surface area contributed by atoms with Crippen molar-refractivity contribution in [1.82, 2.24) is 36.8 Å². The van der Waals surface area contributed by atoms with Crippen molar-refractivity contribution in [2.24, 2.45) is 5.11 Å². The van der Waals surface area contributed by atoms with Crippen LogP contribution in [0.2, 0.25) is 0 Å². The zero-order valence-electron chi connectivity index (χ0n) is 41.1. The van der Waals surface area contributed by atoms with Gasteiger partial charge in [-0.3, -0.25) is 24.1 Å². The number of ether oxygens (including phenoxy) is 10. The highest BCUT2D eigenvalue weighted by atomic mass is 16.6. The van der Waals surface area contributed by atoms with Gasteiger partial charge in [-0.05, 0) is 53.5 Å². The summed E-state index contributed by atoms with van der Waals surface area (Å²) in [5, 5.41) is 19.6. The van der Waals surface area contributed by atoms with Crippen LogP contribution in [0.3, 0.4) is 0 Å². The molecule has 0 rings (SSSR count). The standard InChI is InChI=1S/C42H80N10O16/c1-41(2,3)67-39(57)48-13-19-60-28-30-65-33-37(55)46-11-16-52(17-12-47-38(56)34-66-31-29-61-20-14-49-40(58)68-42(4,5)6)32-36(54)45-10-7-9-44-35(53)8-18-59-22-24-63-26-27-64-25-23-62-21-15-50-51-43/h7-34H2,1-6H3,(H,44,53)(H,45,54)(H,46,55)(H,47,56)(H,48,57)(H,49,58). The molecule has 0 aromatic heterocycles. The summed E-state index contributed by atoms with van der Waals surface area (Å²) in [7, 11) is 0. The third kappa shape index (κ3) is 47.8. The first-order valence-electron chi connectivity index (χ1n) is 22.9. The average molecular weight is 981 g/mol. The summed E-state index contributed by atoms with van der Waals surface area (Å²) in [6, 6.07) is 0. The second-order valence-electron chi connectivity index (χ2n) is 16.4. The van der Waals surface area contributed by atoms with Crippen LogP contribution in [0.25, 0.3) is 10.4 Å². The summed E-state index contributed by atoms with van der Waals surface area (Å²) in [5.41, 5.74) is 7.00. The molecule has 68 heavy (non-hydrogen) atoms. The van der Waals surface area contributed by atoms with E-state index < -0.39 is 23.4 Å². The minimum atomic E-state index is -0.598. The van der Waals surface area contributed by atoms with E-state index in [1.807, 2.05) is 0 Å². The van der Waals surface area contributed by atoms with E-state index in [-0.39, 0.29) is 142 Å². The highest BCUT2D eigenvalue weighted by Gasteiger charge is 2.17. The van der Waals surface area contributed by atoms with Gasteiger partial charge in [-0.1, -0.05) is 5.11 Å². The van der Waals surface area contributed by atoms with Gasteiger partial charge in [0.15, 0.2) is 0 Å². The largest absolute Gasteiger partial charge is 0.444 e. The Morgan fingerprint density at radius 3 is 1.28 bits per heavy atom. The van der Waals surface area contributed by atoms with Gasteiger partial charge in [0, 0.05) is 70.2 Å². The van der Waals surface area contributed by atoms with Gasteiger partial charge in [-0.15, -0.1) is 0 Å². The number of carbonyl (C=O) groups is 6. The number of rotatable bonds is 43. The second-order valence-corrected chi connectivity index (χ2v) is 16.4. The van der Waals surface area contributed by atoms with Crippen LogP contribution >= 0.6 is 0 Å². The number of carbonyl (C=O) groups excluding carboxylic acids is 6. The maximum absolute atomic E-state index is 12.8. The summed E-state index contributed by atoms with van der Waals surface area (Å²) in [5.74, 6) is -1.20. The molecule has 0 aromatic carbocycles. The molecule has 0 aliphatic carbocycles. The summed E-state index contributed by atoms with van der Waals surface area (Å²) in [6.45, 7) is 16.7. The molecule has 26 heteroatoms. The van der Waals surface area contributed by atoms with Gasteiger partial charge in [0.1, 0.15) is 24.4 Å². The first-order chi connectivity index (χ1) is 32.5. The van der Waals surface area contributed by atoms with E-state index in [0.29, 0.717) is 65.8 Å². The monoisotopic (exact) mass is 981 g/mol. The van der Waals surface area contributed by atoms with E-state index >= 15 is 0 Å². The molecule has 6 N–H and O–H groups in total. The van der Waals surface area contributed by atoms with Gasteiger partial charge < -0.3 is 79.3 Å². The number of alkyl carbamates (subject to hydrolysis) is 2. The fourth-order valence-electron chi connectivity index (χ4n) is 4.90. The summed E-state index contributed by atoms with van der Waals surface area (Å²) < 4.78 is 53.3. The molecule has 0 aromatic rings. The Balaban J connectivity index is 4.44. The molecule has 6 amide bonds. The van der Waals surface area contributed by atoms with Crippen LogP contribution in [-0.2, 0) is 66.5 Å². The maximum atomic E-state index is 12.8. The Hall–Kier alpha value is -4.63. The Morgan fingerprint density at radius 1 is 0.456 bits per heavy atom. The topological polar surface area (TPSA) is 319 Å². The predicted molar refractivity (Wildman–Crippen MR) is 247 cm³/mol. The number of nitrogens with one attached hydrogen (secondary N) is 6. The molecule has 0 saturated heterocycles. The number of amides is 6. The van der Waals surface area contributed by atoms with Crippen LogP contribution in [-0.4, -0.2) is 223 Å². The molecular weight excluding hydrogens is 901 g/mol. The van der Waals surface area contributed by atoms with Gasteiger partial charge in [-0.2, -0.15) is 0 Å². The first kappa shape index (κ1) is 63.4. The number of nitrogens with zero attached hydrogens (tertiary/aromatic N) is 4. The molecule has 26 nitrogen and oxygen atoms in total. The molecule has 0 atom stereocenters. The van der Waals surface area contributed by atoms with Crippen molar-refractivity contribution in [2.75, 3.05) is 171 Å². The van der Waals surface area contributed by atoms with E-state index in [0.717, 1.165) is 0 Å². The summed E-state index contributed by atoms with van der Waals surface area (Å²) >= 11 is 0. The highest BCUT2D eigenvalue weighted by Crippen LogP contribution is 2.07. The van der Waals surface area contributed by atoms with Crippen LogP contribution in [0, 0.1) is 0 Å². The molecule has 0 spiro atoms. The third-order valence-corrected chi connectivity index (χ3v) is 7.89. The summed E-state index contributed by atoms with van der Waals surface area (Å²) in [6.07, 6.45) is -0.416. The fraction of sp³-hybridized carbons (Fsp3) is 0.857. The quantitative estimate of drug-likeness (QED) is 0.0203. The normalized spacial score (nSPS) is 11.3. The Kier molecular flexibility index (Phi) is 39.6. The molecule has 0 radical (unpaired) electrons. The zero-order chi connectivity index (χ0) is 50.6. The van der Waals surface area contributed by atoms with E-state index in [4.69, 9.17) is 52.9 Å². The lowest BCUT2D eigenvalue weighted by atomic mass is 10.2. The Morgan fingerprint density at radius 2 is 0.838 bits per heavy atom. The molecule has 0 heterocycles. The molecule has 0 fully saturated rings. The van der Waals surface area contributed by atoms with Crippen molar-refractivity contribution in [3.8, 4) is 0 Å². The maximum Gasteiger partial charge on any atom is 0.407 e. The van der Waals surface area contributed by atoms with Crippen molar-refractivity contribution in [3.63, 3.8) is 0 Å². The van der Waals surface area contributed by atoms with Gasteiger partial charge in [0.25, 0.3) is 0 Å². The van der Waals surface area contributed by atoms with Crippen molar-refractivity contribution >= 4 is 35.8 Å². The minimum absolute atomic E-state index is 0.0182. The van der Waals surface area contributed by atoms with Crippen LogP contribution < -0.4 is 31.9 Å². The third-order valence-electron chi connectivity index (χ3n) is 7.89. The lowest BCUT2D eigenvalue weighted by Crippen LogP contribution is -2.45. The van der Waals surface area contributed by atoms with E-state index in [2.05, 4.69) is 41.9 Å². The van der Waals surface area contributed by atoms with Gasteiger partial charge in [0.05, 0.1) is 99.0 Å². The molecule has 0 aliphatic heterocycles. The van der Waals surface area contributed by atoms with Gasteiger partial charge >= 0.3 is 12.2 Å². The van der Waals surface area contributed by atoms with E-state index in [1.54, 1.807) is 46.4 Å². The average Bonchev–Trinajstić information content (AvgIpc) is 3.25. The second kappa shape index (κ2) is 42.5. The molecule has 0 unspecified atom stereocenters. The highest BCUT2D eigenvalue weighted by molar-refractivity contribution is 5.79. The molecule has 0 saturated carbocycles. The van der Waals surface area contributed by atoms with E-state index in [9.17, 15) is 28.8 Å². The Bertz CT molecular complexity index is 1350. The van der Waals surface area contributed by atoms with Crippen molar-refractivity contribution in [3.05, 3.63) is 10.4 Å². The minimum Gasteiger partial charge on any atom is -0.444 e. The van der Waals surface area contributed by atoms with Gasteiger partial charge in [0.2, 0.25) is 23.6 Å². The summed E-state index contributed by atoms with van der Waals surface area (Å²) in [4.78, 5) is 77.5. The first-order valence-corrected chi connectivity index (χ1v) is 22.9. The SMILES string of the molecule is CC(C)(C)OC(=O)NCCOCCOCC(=O)NCCN(CCNC(=O)COCCOCCNC(=O)OC(C)(C)C)CC(=O)NCCCNC(=O)CCOCCOCCOCCOCCN=[N+]=[N-]. The van der Waals surface area contributed by atoms with Crippen molar-refractivity contribution < 1.29 is 76.1 Å². The Labute approximate surface area is 400 Å². The molecule has 394 valence electrons. The molecule has 0 aliphatic rings. The fourth-order valence-corrected chi connectivity index (χ4v) is 4.90. The van der Waals surface area contributed by atoms with Crippen LogP contribution in [0.15, 0.2) is 5.11 Å². The number of azide groups is 1.